The Labute approximate surface area is 163 Å². The summed E-state index contributed by atoms with van der Waals surface area (Å²) in [6.45, 7) is 3.67. The summed E-state index contributed by atoms with van der Waals surface area (Å²) in [6.07, 6.45) is 4.46. The summed E-state index contributed by atoms with van der Waals surface area (Å²) in [5.41, 5.74) is 0.823. The normalized spacial score (nSPS) is 25.6. The first kappa shape index (κ1) is 18.4. The fourth-order valence-electron chi connectivity index (χ4n) is 4.00. The largest absolute Gasteiger partial charge is 0.445 e. The first-order valence-electron chi connectivity index (χ1n) is 9.43. The molecule has 0 bridgehead atoms. The number of hydrogen-bond acceptors (Lipinski definition) is 6. The summed E-state index contributed by atoms with van der Waals surface area (Å²) in [5.74, 6) is 0. The van der Waals surface area contributed by atoms with Gasteiger partial charge in [0.1, 0.15) is 11.6 Å². The zero-order valence-corrected chi connectivity index (χ0v) is 16.1. The molecule has 2 aromatic rings. The number of piperidine rings is 1. The molecule has 3 heterocycles. The number of thiazole rings is 1. The molecule has 4 rings (SSSR count). The summed E-state index contributed by atoms with van der Waals surface area (Å²) in [5, 5.41) is 6.12. The van der Waals surface area contributed by atoms with E-state index in [-0.39, 0.29) is 24.3 Å². The van der Waals surface area contributed by atoms with Gasteiger partial charge in [0.2, 0.25) is 0 Å². The Hall–Kier alpha value is -1.96. The second kappa shape index (κ2) is 8.37. The highest BCUT2D eigenvalue weighted by Crippen LogP contribution is 2.35. The number of likely N-dealkylation sites (tertiary alicyclic amines) is 1. The van der Waals surface area contributed by atoms with Gasteiger partial charge in [0.25, 0.3) is 0 Å². The summed E-state index contributed by atoms with van der Waals surface area (Å²) in [7, 11) is 0. The van der Waals surface area contributed by atoms with E-state index in [9.17, 15) is 4.79 Å². The molecule has 0 radical (unpaired) electrons. The van der Waals surface area contributed by atoms with Crippen LogP contribution in [0.1, 0.15) is 29.8 Å². The van der Waals surface area contributed by atoms with Crippen LogP contribution in [-0.4, -0.2) is 47.3 Å². The molecule has 2 unspecified atom stereocenters. The van der Waals surface area contributed by atoms with Gasteiger partial charge < -0.3 is 14.8 Å². The molecular formula is C20H25N3O3S. The zero-order chi connectivity index (χ0) is 18.5. The van der Waals surface area contributed by atoms with Crippen molar-refractivity contribution in [1.82, 2.24) is 15.2 Å². The second-order valence-electron chi connectivity index (χ2n) is 7.34. The van der Waals surface area contributed by atoms with E-state index in [0.717, 1.165) is 49.5 Å². The zero-order valence-electron chi connectivity index (χ0n) is 15.3. The Morgan fingerprint density at radius 1 is 1.41 bits per heavy atom. The molecule has 2 atom stereocenters. The third kappa shape index (κ3) is 4.86. The summed E-state index contributed by atoms with van der Waals surface area (Å²) in [4.78, 5) is 18.9. The molecule has 27 heavy (non-hydrogen) atoms. The topological polar surface area (TPSA) is 63.7 Å². The van der Waals surface area contributed by atoms with Crippen LogP contribution >= 0.6 is 11.3 Å². The lowest BCUT2D eigenvalue weighted by molar-refractivity contribution is -0.0534. The van der Waals surface area contributed by atoms with Gasteiger partial charge >= 0.3 is 6.09 Å². The maximum Gasteiger partial charge on any atom is 0.407 e. The molecule has 0 aliphatic carbocycles. The Kier molecular flexibility index (Phi) is 5.71. The quantitative estimate of drug-likeness (QED) is 0.854. The summed E-state index contributed by atoms with van der Waals surface area (Å²) < 4.78 is 11.5. The van der Waals surface area contributed by atoms with Crippen molar-refractivity contribution in [3.05, 3.63) is 52.5 Å². The van der Waals surface area contributed by atoms with Crippen LogP contribution in [0.15, 0.2) is 41.9 Å². The lowest BCUT2D eigenvalue weighted by atomic mass is 9.89. The van der Waals surface area contributed by atoms with Gasteiger partial charge in [-0.2, -0.15) is 0 Å². The van der Waals surface area contributed by atoms with Crippen LogP contribution in [0.2, 0.25) is 0 Å². The fraction of sp³-hybridized carbons (Fsp3) is 0.500. The molecule has 2 saturated heterocycles. The van der Waals surface area contributed by atoms with Crippen molar-refractivity contribution in [2.45, 2.75) is 44.1 Å². The minimum atomic E-state index is -0.375. The summed E-state index contributed by atoms with van der Waals surface area (Å²) >= 11 is 1.69. The minimum absolute atomic E-state index is 0.00749. The van der Waals surface area contributed by atoms with Crippen LogP contribution in [0.5, 0.6) is 0 Å². The smallest absolute Gasteiger partial charge is 0.407 e. The molecule has 1 spiro atoms. The number of carbonyl (C=O) groups excluding carboxylic acids is 1. The van der Waals surface area contributed by atoms with Crippen LogP contribution < -0.4 is 5.32 Å². The number of nitrogens with zero attached hydrogens (tertiary/aromatic N) is 2. The van der Waals surface area contributed by atoms with E-state index in [1.54, 1.807) is 11.3 Å². The van der Waals surface area contributed by atoms with E-state index in [1.165, 1.54) is 0 Å². The SMILES string of the molecule is O=C(NC1COC2(CCCN(Cc3nccs3)C2)C1)OCc1ccccc1. The predicted octanol–water partition coefficient (Wildman–Crippen LogP) is 3.19. The highest BCUT2D eigenvalue weighted by molar-refractivity contribution is 7.09. The Morgan fingerprint density at radius 3 is 3.11 bits per heavy atom. The molecule has 2 aliphatic heterocycles. The number of alkyl carbamates (subject to hydrolysis) is 1. The van der Waals surface area contributed by atoms with Crippen LogP contribution in [-0.2, 0) is 22.6 Å². The molecule has 2 aliphatic rings. The second-order valence-corrected chi connectivity index (χ2v) is 8.32. The van der Waals surface area contributed by atoms with Crippen LogP contribution in [0.4, 0.5) is 4.79 Å². The molecule has 144 valence electrons. The van der Waals surface area contributed by atoms with Gasteiger partial charge in [-0.25, -0.2) is 9.78 Å². The van der Waals surface area contributed by atoms with Gasteiger partial charge in [0.05, 0.1) is 24.8 Å². The molecule has 1 amide bonds. The number of ether oxygens (including phenoxy) is 2. The van der Waals surface area contributed by atoms with Crippen molar-refractivity contribution in [3.63, 3.8) is 0 Å². The van der Waals surface area contributed by atoms with Gasteiger partial charge in [-0.3, -0.25) is 4.90 Å². The Morgan fingerprint density at radius 2 is 2.30 bits per heavy atom. The fourth-order valence-corrected chi connectivity index (χ4v) is 4.66. The highest BCUT2D eigenvalue weighted by atomic mass is 32.1. The van der Waals surface area contributed by atoms with E-state index in [0.29, 0.717) is 6.61 Å². The Bertz CT molecular complexity index is 740. The van der Waals surface area contributed by atoms with E-state index in [4.69, 9.17) is 9.47 Å². The minimum Gasteiger partial charge on any atom is -0.445 e. The average molecular weight is 388 g/mol. The van der Waals surface area contributed by atoms with Crippen LogP contribution in [0.25, 0.3) is 0 Å². The van der Waals surface area contributed by atoms with Crippen LogP contribution in [0.3, 0.4) is 0 Å². The molecule has 7 heteroatoms. The lowest BCUT2D eigenvalue weighted by Gasteiger charge is -2.39. The first-order valence-corrected chi connectivity index (χ1v) is 10.3. The molecule has 1 aromatic heterocycles. The van der Waals surface area contributed by atoms with E-state index < -0.39 is 0 Å². The number of amides is 1. The van der Waals surface area contributed by atoms with Gasteiger partial charge in [-0.1, -0.05) is 30.3 Å². The van der Waals surface area contributed by atoms with Crippen molar-refractivity contribution in [2.24, 2.45) is 0 Å². The molecular weight excluding hydrogens is 362 g/mol. The number of aromatic nitrogens is 1. The van der Waals surface area contributed by atoms with Gasteiger partial charge in [0, 0.05) is 24.5 Å². The van der Waals surface area contributed by atoms with Crippen molar-refractivity contribution in [1.29, 1.82) is 0 Å². The maximum atomic E-state index is 12.1. The van der Waals surface area contributed by atoms with E-state index in [1.807, 2.05) is 41.9 Å². The highest BCUT2D eigenvalue weighted by Gasteiger charge is 2.44. The van der Waals surface area contributed by atoms with Crippen molar-refractivity contribution in [2.75, 3.05) is 19.7 Å². The predicted molar refractivity (Wildman–Crippen MR) is 103 cm³/mol. The number of rotatable bonds is 5. The van der Waals surface area contributed by atoms with Crippen LogP contribution in [0, 0.1) is 0 Å². The first-order chi connectivity index (χ1) is 13.2. The third-order valence-electron chi connectivity index (χ3n) is 5.20. The van der Waals surface area contributed by atoms with Gasteiger partial charge in [-0.15, -0.1) is 11.3 Å². The maximum absolute atomic E-state index is 12.1. The monoisotopic (exact) mass is 387 g/mol. The number of carbonyl (C=O) groups is 1. The molecule has 0 saturated carbocycles. The molecule has 2 fully saturated rings. The third-order valence-corrected chi connectivity index (χ3v) is 5.97. The Balaban J connectivity index is 1.25. The van der Waals surface area contributed by atoms with Crippen molar-refractivity contribution < 1.29 is 14.3 Å². The number of nitrogens with one attached hydrogen (secondary N) is 1. The lowest BCUT2D eigenvalue weighted by Crippen LogP contribution is -2.48. The van der Waals surface area contributed by atoms with Gasteiger partial charge in [0.15, 0.2) is 0 Å². The number of benzene rings is 1. The average Bonchev–Trinajstić information content (AvgIpc) is 3.31. The number of hydrogen-bond donors (Lipinski definition) is 1. The van der Waals surface area contributed by atoms with E-state index >= 15 is 0 Å². The molecule has 1 N–H and O–H groups in total. The molecule has 1 aromatic carbocycles. The van der Waals surface area contributed by atoms with Crippen molar-refractivity contribution in [3.8, 4) is 0 Å². The standard InChI is InChI=1S/C20H25N3O3S/c24-19(25-13-16-5-2-1-3-6-16)22-17-11-20(26-14-17)7-4-9-23(15-20)12-18-21-8-10-27-18/h1-3,5-6,8,10,17H,4,7,9,11-15H2,(H,22,24). The van der Waals surface area contributed by atoms with Gasteiger partial charge in [-0.05, 0) is 24.9 Å². The summed E-state index contributed by atoms with van der Waals surface area (Å²) in [6, 6.07) is 9.71. The van der Waals surface area contributed by atoms with Crippen molar-refractivity contribution >= 4 is 17.4 Å². The molecule has 6 nitrogen and oxygen atoms in total. The van der Waals surface area contributed by atoms with E-state index in [2.05, 4.69) is 15.2 Å².